The molecule has 0 aliphatic rings. The van der Waals surface area contributed by atoms with Crippen molar-refractivity contribution in [3.63, 3.8) is 0 Å². The van der Waals surface area contributed by atoms with Crippen LogP contribution in [0.25, 0.3) is 0 Å². The Balaban J connectivity index is 2.02. The summed E-state index contributed by atoms with van der Waals surface area (Å²) in [5.41, 5.74) is 0.431. The van der Waals surface area contributed by atoms with Gasteiger partial charge < -0.3 is 18.9 Å². The van der Waals surface area contributed by atoms with Gasteiger partial charge in [-0.15, -0.1) is 0 Å². The van der Waals surface area contributed by atoms with Crippen LogP contribution in [0.5, 0.6) is 0 Å². The van der Waals surface area contributed by atoms with Gasteiger partial charge in [0, 0.05) is 12.1 Å². The lowest BCUT2D eigenvalue weighted by Gasteiger charge is -2.07. The van der Waals surface area contributed by atoms with Crippen LogP contribution in [0, 0.1) is 0 Å². The number of carbonyl (C=O) groups is 1. The van der Waals surface area contributed by atoms with E-state index in [2.05, 4.69) is 0 Å². The lowest BCUT2D eigenvalue weighted by Crippen LogP contribution is -2.13. The van der Waals surface area contributed by atoms with Crippen LogP contribution < -0.4 is 0 Å². The van der Waals surface area contributed by atoms with Crippen molar-refractivity contribution in [3.8, 4) is 0 Å². The molecule has 1 aromatic rings. The number of rotatable bonds is 10. The third-order valence-electron chi connectivity index (χ3n) is 2.32. The summed E-state index contributed by atoms with van der Waals surface area (Å²) in [6.07, 6.45) is 0. The molecule has 0 atom stereocenters. The lowest BCUT2D eigenvalue weighted by atomic mass is 10.2. The third-order valence-corrected chi connectivity index (χ3v) is 2.56. The topological polar surface area (TPSA) is 54.0 Å². The van der Waals surface area contributed by atoms with Crippen LogP contribution >= 0.6 is 11.6 Å². The molecule has 0 radical (unpaired) electrons. The predicted molar refractivity (Wildman–Crippen MR) is 75.2 cm³/mol. The van der Waals surface area contributed by atoms with Gasteiger partial charge >= 0.3 is 5.97 Å². The van der Waals surface area contributed by atoms with Crippen LogP contribution in [-0.2, 0) is 18.9 Å². The van der Waals surface area contributed by atoms with Crippen molar-refractivity contribution in [2.75, 3.05) is 46.8 Å². The fourth-order valence-electron chi connectivity index (χ4n) is 1.36. The smallest absolute Gasteiger partial charge is 0.338 e. The maximum atomic E-state index is 11.6. The zero-order valence-electron chi connectivity index (χ0n) is 11.5. The minimum Gasteiger partial charge on any atom is -0.460 e. The Morgan fingerprint density at radius 1 is 1.05 bits per heavy atom. The van der Waals surface area contributed by atoms with E-state index in [0.717, 1.165) is 0 Å². The molecular formula is C14H19ClO5. The van der Waals surface area contributed by atoms with Crippen molar-refractivity contribution in [1.29, 1.82) is 0 Å². The molecule has 0 bridgehead atoms. The number of ether oxygens (including phenoxy) is 4. The minimum absolute atomic E-state index is 0.198. The van der Waals surface area contributed by atoms with Crippen molar-refractivity contribution < 1.29 is 23.7 Å². The maximum Gasteiger partial charge on any atom is 0.338 e. The van der Waals surface area contributed by atoms with Crippen molar-refractivity contribution >= 4 is 17.6 Å². The number of carbonyl (C=O) groups excluding carboxylic acids is 1. The van der Waals surface area contributed by atoms with Gasteiger partial charge in [0.1, 0.15) is 6.61 Å². The average Bonchev–Trinajstić information content (AvgIpc) is 2.45. The average molecular weight is 303 g/mol. The number of hydrogen-bond acceptors (Lipinski definition) is 5. The zero-order chi connectivity index (χ0) is 14.6. The lowest BCUT2D eigenvalue weighted by molar-refractivity contribution is 0.00570. The molecule has 1 aromatic carbocycles. The first kappa shape index (κ1) is 16.9. The van der Waals surface area contributed by atoms with Crippen LogP contribution in [-0.4, -0.2) is 52.7 Å². The molecule has 0 heterocycles. The predicted octanol–water partition coefficient (Wildman–Crippen LogP) is 2.18. The molecule has 0 unspecified atom stereocenters. The van der Waals surface area contributed by atoms with E-state index in [9.17, 15) is 4.79 Å². The van der Waals surface area contributed by atoms with Gasteiger partial charge in [-0.25, -0.2) is 4.79 Å². The largest absolute Gasteiger partial charge is 0.460 e. The summed E-state index contributed by atoms with van der Waals surface area (Å²) in [6.45, 7) is 2.59. The summed E-state index contributed by atoms with van der Waals surface area (Å²) in [7, 11) is 1.62. The number of halogens is 1. The van der Waals surface area contributed by atoms with E-state index >= 15 is 0 Å². The second-order valence-electron chi connectivity index (χ2n) is 3.86. The van der Waals surface area contributed by atoms with Crippen molar-refractivity contribution in [2.45, 2.75) is 0 Å². The van der Waals surface area contributed by atoms with Gasteiger partial charge in [0.2, 0.25) is 0 Å². The summed E-state index contributed by atoms with van der Waals surface area (Å²) in [5.74, 6) is -0.410. The van der Waals surface area contributed by atoms with Crippen molar-refractivity contribution in [1.82, 2.24) is 0 Å². The fraction of sp³-hybridized carbons (Fsp3) is 0.500. The first-order valence-corrected chi connectivity index (χ1v) is 6.69. The van der Waals surface area contributed by atoms with E-state index < -0.39 is 5.97 Å². The third kappa shape index (κ3) is 7.45. The summed E-state index contributed by atoms with van der Waals surface area (Å²) in [6, 6.07) is 6.62. The van der Waals surface area contributed by atoms with Gasteiger partial charge in [-0.05, 0) is 18.2 Å². The van der Waals surface area contributed by atoms with E-state index in [1.165, 1.54) is 0 Å². The van der Waals surface area contributed by atoms with Crippen LogP contribution in [0.4, 0.5) is 0 Å². The zero-order valence-corrected chi connectivity index (χ0v) is 12.2. The number of benzene rings is 1. The second-order valence-corrected chi connectivity index (χ2v) is 4.30. The van der Waals surface area contributed by atoms with Crippen LogP contribution in [0.15, 0.2) is 24.3 Å². The quantitative estimate of drug-likeness (QED) is 0.490. The number of methoxy groups -OCH3 is 1. The fourth-order valence-corrected chi connectivity index (χ4v) is 1.55. The highest BCUT2D eigenvalue weighted by Gasteiger charge is 2.06. The molecule has 0 N–H and O–H groups in total. The highest BCUT2D eigenvalue weighted by molar-refractivity contribution is 6.30. The molecule has 0 fully saturated rings. The molecule has 6 heteroatoms. The SMILES string of the molecule is COCCOCCOCCOC(=O)c1cccc(Cl)c1. The molecule has 0 saturated heterocycles. The summed E-state index contributed by atoms with van der Waals surface area (Å²) in [5, 5.41) is 0.504. The molecule has 0 aliphatic carbocycles. The number of hydrogen-bond donors (Lipinski definition) is 0. The highest BCUT2D eigenvalue weighted by Crippen LogP contribution is 2.11. The van der Waals surface area contributed by atoms with E-state index in [4.69, 9.17) is 30.5 Å². The first-order chi connectivity index (χ1) is 9.74. The molecule has 112 valence electrons. The Morgan fingerprint density at radius 2 is 1.70 bits per heavy atom. The minimum atomic E-state index is -0.410. The maximum absolute atomic E-state index is 11.6. The Bertz CT molecular complexity index is 397. The van der Waals surface area contributed by atoms with Crippen molar-refractivity contribution in [2.24, 2.45) is 0 Å². The monoisotopic (exact) mass is 302 g/mol. The van der Waals surface area contributed by atoms with Crippen molar-refractivity contribution in [3.05, 3.63) is 34.9 Å². The summed E-state index contributed by atoms with van der Waals surface area (Å²) in [4.78, 5) is 11.6. The summed E-state index contributed by atoms with van der Waals surface area (Å²) < 4.78 is 20.3. The number of esters is 1. The standard InChI is InChI=1S/C14H19ClO5/c1-17-5-6-18-7-8-19-9-10-20-14(16)12-3-2-4-13(15)11-12/h2-4,11H,5-10H2,1H3. The van der Waals surface area contributed by atoms with E-state index in [1.54, 1.807) is 31.4 Å². The molecular weight excluding hydrogens is 284 g/mol. The molecule has 1 rings (SSSR count). The molecule has 0 saturated carbocycles. The van der Waals surface area contributed by atoms with Crippen LogP contribution in [0.1, 0.15) is 10.4 Å². The van der Waals surface area contributed by atoms with Gasteiger partial charge in [0.25, 0.3) is 0 Å². The molecule has 0 aliphatic heterocycles. The van der Waals surface area contributed by atoms with Gasteiger partial charge in [-0.2, -0.15) is 0 Å². The van der Waals surface area contributed by atoms with Crippen LogP contribution in [0.2, 0.25) is 5.02 Å². The van der Waals surface area contributed by atoms with Gasteiger partial charge in [-0.1, -0.05) is 17.7 Å². The van der Waals surface area contributed by atoms with E-state index in [0.29, 0.717) is 43.6 Å². The molecule has 5 nitrogen and oxygen atoms in total. The normalized spacial score (nSPS) is 10.5. The molecule has 0 amide bonds. The van der Waals surface area contributed by atoms with Gasteiger partial charge in [0.15, 0.2) is 0 Å². The van der Waals surface area contributed by atoms with E-state index in [-0.39, 0.29) is 6.61 Å². The molecule has 0 spiro atoms. The molecule has 20 heavy (non-hydrogen) atoms. The first-order valence-electron chi connectivity index (χ1n) is 6.31. The summed E-state index contributed by atoms with van der Waals surface area (Å²) >= 11 is 5.79. The second kappa shape index (κ2) is 10.6. The highest BCUT2D eigenvalue weighted by atomic mass is 35.5. The Hall–Kier alpha value is -1.14. The Labute approximate surface area is 123 Å². The van der Waals surface area contributed by atoms with E-state index in [1.807, 2.05) is 0 Å². The molecule has 0 aromatic heterocycles. The van der Waals surface area contributed by atoms with Gasteiger partial charge in [0.05, 0.1) is 38.6 Å². The van der Waals surface area contributed by atoms with Gasteiger partial charge in [-0.3, -0.25) is 0 Å². The van der Waals surface area contributed by atoms with Crippen LogP contribution in [0.3, 0.4) is 0 Å². The Morgan fingerprint density at radius 3 is 2.35 bits per heavy atom. The Kier molecular flexibility index (Phi) is 8.98.